The molecule has 0 aromatic rings. The molecule has 1 saturated heterocycles. The fraction of sp³-hybridized carbons (Fsp3) is 0.900. The molecule has 3 N–H and O–H groups in total. The van der Waals surface area contributed by atoms with E-state index in [1.165, 1.54) is 0 Å². The van der Waals surface area contributed by atoms with Gasteiger partial charge in [0.2, 0.25) is 0 Å². The predicted molar refractivity (Wildman–Crippen MR) is 54.7 cm³/mol. The minimum Gasteiger partial charge on any atom is -0.481 e. The molecular weight excluding hydrogens is 198 g/mol. The van der Waals surface area contributed by atoms with E-state index in [1.807, 2.05) is 0 Å². The molecule has 0 bridgehead atoms. The molecule has 1 rings (SSSR count). The molecule has 0 amide bonds. The van der Waals surface area contributed by atoms with Crippen molar-refractivity contribution >= 4 is 5.97 Å². The lowest BCUT2D eigenvalue weighted by molar-refractivity contribution is -0.160. The number of hydrogen-bond acceptors (Lipinski definition) is 4. The van der Waals surface area contributed by atoms with Gasteiger partial charge >= 0.3 is 5.97 Å². The van der Waals surface area contributed by atoms with Crippen molar-refractivity contribution in [3.63, 3.8) is 0 Å². The second-order valence-corrected chi connectivity index (χ2v) is 4.16. The molecule has 2 atom stereocenters. The minimum absolute atomic E-state index is 0.211. The maximum absolute atomic E-state index is 11.2. The molecular formula is C10H19NO4. The predicted octanol–water partition coefficient (Wildman–Crippen LogP) is -0.162. The number of rotatable bonds is 5. The Morgan fingerprint density at radius 2 is 2.40 bits per heavy atom. The maximum atomic E-state index is 11.2. The Labute approximate surface area is 89.4 Å². The number of hydrogen-bond donors (Lipinski definition) is 3. The van der Waals surface area contributed by atoms with Crippen LogP contribution < -0.4 is 5.32 Å². The third kappa shape index (κ3) is 3.15. The smallest absolute Gasteiger partial charge is 0.312 e. The SMILES string of the molecule is CNC[C@@H](O)C[C@]1(C(=O)O)CCCOC1. The van der Waals surface area contributed by atoms with Crippen molar-refractivity contribution in [2.24, 2.45) is 5.41 Å². The van der Waals surface area contributed by atoms with Crippen LogP contribution in [0.1, 0.15) is 19.3 Å². The summed E-state index contributed by atoms with van der Waals surface area (Å²) in [7, 11) is 1.73. The van der Waals surface area contributed by atoms with E-state index in [4.69, 9.17) is 4.74 Å². The van der Waals surface area contributed by atoms with Crippen LogP contribution in [0, 0.1) is 5.41 Å². The van der Waals surface area contributed by atoms with E-state index in [-0.39, 0.29) is 13.0 Å². The van der Waals surface area contributed by atoms with Crippen molar-refractivity contribution in [1.82, 2.24) is 5.32 Å². The Balaban J connectivity index is 2.60. The Bertz CT molecular complexity index is 213. The van der Waals surface area contributed by atoms with Gasteiger partial charge in [0.05, 0.1) is 18.1 Å². The number of carboxylic acids is 1. The normalized spacial score (nSPS) is 28.7. The van der Waals surface area contributed by atoms with Crippen LogP contribution >= 0.6 is 0 Å². The first-order chi connectivity index (χ1) is 7.10. The molecule has 0 aromatic carbocycles. The first-order valence-corrected chi connectivity index (χ1v) is 5.24. The van der Waals surface area contributed by atoms with Crippen LogP contribution in [0.3, 0.4) is 0 Å². The number of carbonyl (C=O) groups is 1. The number of aliphatic hydroxyl groups excluding tert-OH is 1. The van der Waals surface area contributed by atoms with Crippen molar-refractivity contribution in [2.75, 3.05) is 26.8 Å². The Morgan fingerprint density at radius 3 is 2.87 bits per heavy atom. The zero-order valence-electron chi connectivity index (χ0n) is 9.03. The summed E-state index contributed by atoms with van der Waals surface area (Å²) in [5.74, 6) is -0.864. The third-order valence-electron chi connectivity index (χ3n) is 2.84. The van der Waals surface area contributed by atoms with Crippen molar-refractivity contribution in [3.8, 4) is 0 Å². The molecule has 1 aliphatic heterocycles. The molecule has 15 heavy (non-hydrogen) atoms. The van der Waals surface area contributed by atoms with Gasteiger partial charge in [-0.25, -0.2) is 0 Å². The number of carboxylic acid groups (broad SMARTS) is 1. The molecule has 0 saturated carbocycles. The first kappa shape index (κ1) is 12.4. The molecule has 0 radical (unpaired) electrons. The van der Waals surface area contributed by atoms with Crippen LogP contribution in [0.2, 0.25) is 0 Å². The van der Waals surface area contributed by atoms with Crippen molar-refractivity contribution < 1.29 is 19.7 Å². The standard InChI is InChI=1S/C10H19NO4/c1-11-6-8(12)5-10(9(13)14)3-2-4-15-7-10/h8,11-12H,2-7H2,1H3,(H,13,14)/t8-,10+/m0/s1. The maximum Gasteiger partial charge on any atom is 0.312 e. The number of likely N-dealkylation sites (N-methyl/N-ethyl adjacent to an activating group) is 1. The number of aliphatic carboxylic acids is 1. The number of nitrogens with one attached hydrogen (secondary N) is 1. The summed E-state index contributed by atoms with van der Waals surface area (Å²) in [5, 5.41) is 21.7. The monoisotopic (exact) mass is 217 g/mol. The van der Waals surface area contributed by atoms with E-state index in [0.29, 0.717) is 19.6 Å². The highest BCUT2D eigenvalue weighted by molar-refractivity contribution is 5.75. The van der Waals surface area contributed by atoms with Gasteiger partial charge in [-0.3, -0.25) is 4.79 Å². The van der Waals surface area contributed by atoms with E-state index < -0.39 is 17.5 Å². The quantitative estimate of drug-likeness (QED) is 0.596. The lowest BCUT2D eigenvalue weighted by Crippen LogP contribution is -2.43. The highest BCUT2D eigenvalue weighted by atomic mass is 16.5. The number of aliphatic hydroxyl groups is 1. The van der Waals surface area contributed by atoms with E-state index in [2.05, 4.69) is 5.32 Å². The second kappa shape index (κ2) is 5.44. The molecule has 1 fully saturated rings. The summed E-state index contributed by atoms with van der Waals surface area (Å²) in [5.41, 5.74) is -0.894. The van der Waals surface area contributed by atoms with Crippen LogP contribution in [-0.2, 0) is 9.53 Å². The zero-order valence-corrected chi connectivity index (χ0v) is 9.03. The first-order valence-electron chi connectivity index (χ1n) is 5.24. The topological polar surface area (TPSA) is 78.8 Å². The Kier molecular flexibility index (Phi) is 4.50. The lowest BCUT2D eigenvalue weighted by atomic mass is 9.78. The Hall–Kier alpha value is -0.650. The van der Waals surface area contributed by atoms with Crippen molar-refractivity contribution in [3.05, 3.63) is 0 Å². The summed E-state index contributed by atoms with van der Waals surface area (Å²) in [6.07, 6.45) is 0.956. The van der Waals surface area contributed by atoms with Gasteiger partial charge in [0.25, 0.3) is 0 Å². The van der Waals surface area contributed by atoms with Gasteiger partial charge in [-0.15, -0.1) is 0 Å². The molecule has 1 heterocycles. The molecule has 0 aromatic heterocycles. The summed E-state index contributed by atoms with van der Waals surface area (Å²) in [6.45, 7) is 1.25. The van der Waals surface area contributed by atoms with Crippen molar-refractivity contribution in [1.29, 1.82) is 0 Å². The van der Waals surface area contributed by atoms with Gasteiger partial charge < -0.3 is 20.3 Å². The van der Waals surface area contributed by atoms with Crippen LogP contribution in [0.25, 0.3) is 0 Å². The molecule has 0 spiro atoms. The largest absolute Gasteiger partial charge is 0.481 e. The van der Waals surface area contributed by atoms with E-state index in [0.717, 1.165) is 6.42 Å². The molecule has 0 aliphatic carbocycles. The molecule has 5 nitrogen and oxygen atoms in total. The van der Waals surface area contributed by atoms with Gasteiger partial charge in [-0.05, 0) is 26.3 Å². The van der Waals surface area contributed by atoms with Crippen LogP contribution in [0.15, 0.2) is 0 Å². The molecule has 0 unspecified atom stereocenters. The average Bonchev–Trinajstić information content (AvgIpc) is 2.19. The Morgan fingerprint density at radius 1 is 1.67 bits per heavy atom. The molecule has 5 heteroatoms. The fourth-order valence-electron chi connectivity index (χ4n) is 2.03. The summed E-state index contributed by atoms with van der Waals surface area (Å²) in [4.78, 5) is 11.2. The second-order valence-electron chi connectivity index (χ2n) is 4.16. The number of ether oxygens (including phenoxy) is 1. The van der Waals surface area contributed by atoms with Gasteiger partial charge in [0.15, 0.2) is 0 Å². The zero-order chi connectivity index (χ0) is 11.3. The molecule has 1 aliphatic rings. The fourth-order valence-corrected chi connectivity index (χ4v) is 2.03. The van der Waals surface area contributed by atoms with Crippen LogP contribution in [0.5, 0.6) is 0 Å². The van der Waals surface area contributed by atoms with E-state index >= 15 is 0 Å². The summed E-state index contributed by atoms with van der Waals surface area (Å²) < 4.78 is 5.21. The summed E-state index contributed by atoms with van der Waals surface area (Å²) in [6, 6.07) is 0. The highest BCUT2D eigenvalue weighted by Crippen LogP contribution is 2.33. The van der Waals surface area contributed by atoms with Gasteiger partial charge in [-0.1, -0.05) is 0 Å². The van der Waals surface area contributed by atoms with Gasteiger partial charge in [0.1, 0.15) is 0 Å². The van der Waals surface area contributed by atoms with Gasteiger partial charge in [-0.2, -0.15) is 0 Å². The van der Waals surface area contributed by atoms with Crippen molar-refractivity contribution in [2.45, 2.75) is 25.4 Å². The lowest BCUT2D eigenvalue weighted by Gasteiger charge is -2.34. The average molecular weight is 217 g/mol. The molecule has 88 valence electrons. The summed E-state index contributed by atoms with van der Waals surface area (Å²) >= 11 is 0. The van der Waals surface area contributed by atoms with E-state index in [1.54, 1.807) is 7.05 Å². The van der Waals surface area contributed by atoms with Gasteiger partial charge in [0, 0.05) is 13.2 Å². The van der Waals surface area contributed by atoms with E-state index in [9.17, 15) is 15.0 Å². The van der Waals surface area contributed by atoms with Crippen LogP contribution in [-0.4, -0.2) is 49.1 Å². The third-order valence-corrected chi connectivity index (χ3v) is 2.84. The minimum atomic E-state index is -0.894. The highest BCUT2D eigenvalue weighted by Gasteiger charge is 2.41. The van der Waals surface area contributed by atoms with Crippen LogP contribution in [0.4, 0.5) is 0 Å².